The summed E-state index contributed by atoms with van der Waals surface area (Å²) in [6.45, 7) is 7.24. The lowest BCUT2D eigenvalue weighted by Gasteiger charge is -2.19. The number of sulfonamides is 1. The second-order valence-corrected chi connectivity index (χ2v) is 6.62. The van der Waals surface area contributed by atoms with Crippen molar-refractivity contribution in [1.82, 2.24) is 4.90 Å². The minimum atomic E-state index is -3.55. The molecular formula is C16H20N2O5S. The lowest BCUT2D eigenvalue weighted by molar-refractivity contribution is -0.133. The maximum Gasteiger partial charge on any atom is 0.340 e. The average molecular weight is 352 g/mol. The second kappa shape index (κ2) is 8.88. The number of hydrogen-bond acceptors (Lipinski definition) is 5. The highest BCUT2D eigenvalue weighted by atomic mass is 32.2. The van der Waals surface area contributed by atoms with Crippen LogP contribution in [0.1, 0.15) is 10.4 Å². The van der Waals surface area contributed by atoms with Crippen LogP contribution in [-0.4, -0.2) is 51.1 Å². The first-order valence-electron chi connectivity index (χ1n) is 7.02. The highest BCUT2D eigenvalue weighted by Gasteiger charge is 2.18. The van der Waals surface area contributed by atoms with Crippen LogP contribution in [0.4, 0.5) is 5.69 Å². The first kappa shape index (κ1) is 19.4. The van der Waals surface area contributed by atoms with Gasteiger partial charge in [0, 0.05) is 13.1 Å². The van der Waals surface area contributed by atoms with Crippen molar-refractivity contribution in [3.05, 3.63) is 55.1 Å². The molecule has 0 saturated heterocycles. The van der Waals surface area contributed by atoms with Gasteiger partial charge in [0.05, 0.1) is 17.5 Å². The van der Waals surface area contributed by atoms with Gasteiger partial charge in [0.1, 0.15) is 0 Å². The Bertz CT molecular complexity index is 718. The number of para-hydroxylation sites is 1. The molecule has 0 aromatic heterocycles. The van der Waals surface area contributed by atoms with Crippen LogP contribution in [0.3, 0.4) is 0 Å². The molecule has 7 nitrogen and oxygen atoms in total. The summed E-state index contributed by atoms with van der Waals surface area (Å²) in [6, 6.07) is 5.98. The quantitative estimate of drug-likeness (QED) is 0.536. The van der Waals surface area contributed by atoms with Gasteiger partial charge in [0.15, 0.2) is 6.61 Å². The molecule has 0 aliphatic rings. The topological polar surface area (TPSA) is 92.8 Å². The molecule has 0 atom stereocenters. The first-order chi connectivity index (χ1) is 11.3. The van der Waals surface area contributed by atoms with Crippen LogP contribution in [-0.2, 0) is 19.6 Å². The van der Waals surface area contributed by atoms with E-state index in [-0.39, 0.29) is 11.3 Å². The Balaban J connectivity index is 2.80. The van der Waals surface area contributed by atoms with E-state index in [9.17, 15) is 18.0 Å². The van der Waals surface area contributed by atoms with Gasteiger partial charge < -0.3 is 9.64 Å². The number of ether oxygens (including phenoxy) is 1. The molecule has 8 heteroatoms. The minimum absolute atomic E-state index is 0.0229. The number of nitrogens with one attached hydrogen (secondary N) is 1. The van der Waals surface area contributed by atoms with E-state index in [1.165, 1.54) is 17.0 Å². The van der Waals surface area contributed by atoms with Gasteiger partial charge in [-0.2, -0.15) is 0 Å². The highest BCUT2D eigenvalue weighted by molar-refractivity contribution is 7.92. The zero-order chi connectivity index (χ0) is 18.2. The molecule has 1 aromatic carbocycles. The Morgan fingerprint density at radius 2 is 1.79 bits per heavy atom. The zero-order valence-corrected chi connectivity index (χ0v) is 14.2. The van der Waals surface area contributed by atoms with Crippen molar-refractivity contribution in [3.63, 3.8) is 0 Å². The van der Waals surface area contributed by atoms with E-state index < -0.39 is 28.5 Å². The lowest BCUT2D eigenvalue weighted by atomic mass is 10.2. The predicted octanol–water partition coefficient (Wildman–Crippen LogP) is 1.42. The van der Waals surface area contributed by atoms with Crippen LogP contribution < -0.4 is 4.72 Å². The monoisotopic (exact) mass is 352 g/mol. The average Bonchev–Trinajstić information content (AvgIpc) is 2.51. The summed E-state index contributed by atoms with van der Waals surface area (Å²) in [5, 5.41) is 0. The minimum Gasteiger partial charge on any atom is -0.452 e. The summed E-state index contributed by atoms with van der Waals surface area (Å²) >= 11 is 0. The Kier molecular flexibility index (Phi) is 7.19. The molecule has 1 N–H and O–H groups in total. The van der Waals surface area contributed by atoms with Crippen LogP contribution in [0, 0.1) is 0 Å². The van der Waals surface area contributed by atoms with Gasteiger partial charge in [-0.05, 0) is 12.1 Å². The summed E-state index contributed by atoms with van der Waals surface area (Å²) < 4.78 is 29.9. The van der Waals surface area contributed by atoms with Crippen molar-refractivity contribution in [2.45, 2.75) is 0 Å². The van der Waals surface area contributed by atoms with E-state index in [1.54, 1.807) is 24.3 Å². The summed E-state index contributed by atoms with van der Waals surface area (Å²) in [6.07, 6.45) is 4.07. The van der Waals surface area contributed by atoms with E-state index in [4.69, 9.17) is 4.74 Å². The number of amides is 1. The first-order valence-corrected chi connectivity index (χ1v) is 8.91. The van der Waals surface area contributed by atoms with Crippen molar-refractivity contribution < 1.29 is 22.7 Å². The third-order valence-corrected chi connectivity index (χ3v) is 3.41. The number of rotatable bonds is 9. The molecule has 1 aromatic rings. The molecule has 24 heavy (non-hydrogen) atoms. The Morgan fingerprint density at radius 3 is 2.33 bits per heavy atom. The predicted molar refractivity (Wildman–Crippen MR) is 92.2 cm³/mol. The smallest absolute Gasteiger partial charge is 0.340 e. The Morgan fingerprint density at radius 1 is 1.21 bits per heavy atom. The SMILES string of the molecule is C=CCN(CC=C)C(=O)COC(=O)c1ccccc1NS(C)(=O)=O. The molecular weight excluding hydrogens is 332 g/mol. The standard InChI is InChI=1S/C16H20N2O5S/c1-4-10-18(11-5-2)15(19)12-23-16(20)13-8-6-7-9-14(13)17-24(3,21)22/h4-9,17H,1-2,10-12H2,3H3. The fourth-order valence-electron chi connectivity index (χ4n) is 1.84. The molecule has 130 valence electrons. The third-order valence-electron chi connectivity index (χ3n) is 2.82. The molecule has 0 aliphatic heterocycles. The highest BCUT2D eigenvalue weighted by Crippen LogP contribution is 2.17. The second-order valence-electron chi connectivity index (χ2n) is 4.87. The lowest BCUT2D eigenvalue weighted by Crippen LogP contribution is -2.35. The number of carbonyl (C=O) groups excluding carboxylic acids is 2. The van der Waals surface area contributed by atoms with E-state index in [2.05, 4.69) is 17.9 Å². The maximum atomic E-state index is 12.1. The summed E-state index contributed by atoms with van der Waals surface area (Å²) in [5.74, 6) is -1.20. The van der Waals surface area contributed by atoms with Crippen LogP contribution in [0.2, 0.25) is 0 Å². The van der Waals surface area contributed by atoms with Gasteiger partial charge in [-0.15, -0.1) is 13.2 Å². The van der Waals surface area contributed by atoms with Crippen LogP contribution in [0.15, 0.2) is 49.6 Å². The van der Waals surface area contributed by atoms with Crippen molar-refractivity contribution in [2.75, 3.05) is 30.7 Å². The normalized spacial score (nSPS) is 10.5. The largest absolute Gasteiger partial charge is 0.452 e. The van der Waals surface area contributed by atoms with Crippen molar-refractivity contribution in [2.24, 2.45) is 0 Å². The van der Waals surface area contributed by atoms with Gasteiger partial charge >= 0.3 is 5.97 Å². The van der Waals surface area contributed by atoms with Crippen LogP contribution in [0.5, 0.6) is 0 Å². The van der Waals surface area contributed by atoms with Crippen LogP contribution >= 0.6 is 0 Å². The molecule has 1 rings (SSSR count). The van der Waals surface area contributed by atoms with Gasteiger partial charge in [0.2, 0.25) is 10.0 Å². The van der Waals surface area contributed by atoms with E-state index in [0.717, 1.165) is 6.26 Å². The molecule has 0 heterocycles. The van der Waals surface area contributed by atoms with Gasteiger partial charge in [-0.25, -0.2) is 13.2 Å². The molecule has 0 unspecified atom stereocenters. The molecule has 0 radical (unpaired) electrons. The Labute approximate surface area is 141 Å². The zero-order valence-electron chi connectivity index (χ0n) is 13.4. The Hall–Kier alpha value is -2.61. The number of carbonyl (C=O) groups is 2. The van der Waals surface area contributed by atoms with Crippen molar-refractivity contribution in [3.8, 4) is 0 Å². The fourth-order valence-corrected chi connectivity index (χ4v) is 2.41. The van der Waals surface area contributed by atoms with Gasteiger partial charge in [-0.1, -0.05) is 24.3 Å². The van der Waals surface area contributed by atoms with Crippen molar-refractivity contribution in [1.29, 1.82) is 0 Å². The summed E-state index contributed by atoms with van der Waals surface area (Å²) in [4.78, 5) is 25.6. The number of hydrogen-bond donors (Lipinski definition) is 1. The molecule has 0 fully saturated rings. The molecule has 0 spiro atoms. The van der Waals surface area contributed by atoms with Crippen molar-refractivity contribution >= 4 is 27.6 Å². The number of esters is 1. The number of anilines is 1. The van der Waals surface area contributed by atoms with Gasteiger partial charge in [0.25, 0.3) is 5.91 Å². The number of benzene rings is 1. The molecule has 0 aliphatic carbocycles. The third kappa shape index (κ3) is 6.25. The van der Waals surface area contributed by atoms with Crippen LogP contribution in [0.25, 0.3) is 0 Å². The maximum absolute atomic E-state index is 12.1. The van der Waals surface area contributed by atoms with Gasteiger partial charge in [-0.3, -0.25) is 9.52 Å². The number of nitrogens with zero attached hydrogens (tertiary/aromatic N) is 1. The summed E-state index contributed by atoms with van der Waals surface area (Å²) in [5.41, 5.74) is 0.112. The van der Waals surface area contributed by atoms with E-state index >= 15 is 0 Å². The fraction of sp³-hybridized carbons (Fsp3) is 0.250. The van der Waals surface area contributed by atoms with E-state index in [1.807, 2.05) is 0 Å². The molecule has 0 saturated carbocycles. The molecule has 1 amide bonds. The van der Waals surface area contributed by atoms with E-state index in [0.29, 0.717) is 13.1 Å². The summed E-state index contributed by atoms with van der Waals surface area (Å²) in [7, 11) is -3.55. The molecule has 0 bridgehead atoms.